The third-order valence-corrected chi connectivity index (χ3v) is 12.5. The van der Waals surface area contributed by atoms with Gasteiger partial charge in [0, 0.05) is 9.12 Å². The van der Waals surface area contributed by atoms with Crippen molar-refractivity contribution in [1.82, 2.24) is 0 Å². The SMILES string of the molecule is CC(C)(C)SC1([Si](C)(C)C2=CCC=C2)CC=CC=C1C(C)(C)C. The highest BCUT2D eigenvalue weighted by Gasteiger charge is 2.55. The molecule has 2 aliphatic carbocycles. The van der Waals surface area contributed by atoms with Crippen LogP contribution >= 0.6 is 11.8 Å². The summed E-state index contributed by atoms with van der Waals surface area (Å²) in [5.74, 6) is 0. The van der Waals surface area contributed by atoms with E-state index in [1.54, 1.807) is 10.8 Å². The molecule has 0 aromatic rings. The van der Waals surface area contributed by atoms with E-state index in [1.165, 1.54) is 6.42 Å². The maximum Gasteiger partial charge on any atom is 0.103 e. The fraction of sp³-hybridized carbons (Fsp3) is 0.619. The summed E-state index contributed by atoms with van der Waals surface area (Å²) >= 11 is 2.22. The minimum Gasteiger partial charge on any atom is -0.147 e. The quantitative estimate of drug-likeness (QED) is 0.503. The van der Waals surface area contributed by atoms with Crippen LogP contribution in [0.1, 0.15) is 54.4 Å². The van der Waals surface area contributed by atoms with Gasteiger partial charge in [-0.1, -0.05) is 102 Å². The summed E-state index contributed by atoms with van der Waals surface area (Å²) in [6.07, 6.45) is 16.6. The van der Waals surface area contributed by atoms with E-state index >= 15 is 0 Å². The molecule has 2 heteroatoms. The Bertz CT molecular complexity index is 576. The molecule has 0 heterocycles. The molecule has 0 amide bonds. The molecule has 0 aromatic heterocycles. The van der Waals surface area contributed by atoms with Crippen LogP contribution in [0.4, 0.5) is 0 Å². The molecule has 0 saturated heterocycles. The summed E-state index contributed by atoms with van der Waals surface area (Å²) in [4.78, 5) is 0. The first-order chi connectivity index (χ1) is 10.4. The van der Waals surface area contributed by atoms with Gasteiger partial charge >= 0.3 is 0 Å². The molecule has 2 aliphatic rings. The highest BCUT2D eigenvalue weighted by Crippen LogP contribution is 2.57. The predicted molar refractivity (Wildman–Crippen MR) is 111 cm³/mol. The zero-order chi connectivity index (χ0) is 17.5. The molecule has 2 rings (SSSR count). The van der Waals surface area contributed by atoms with Gasteiger partial charge < -0.3 is 0 Å². The second-order valence-electron chi connectivity index (χ2n) is 9.43. The normalized spacial score (nSPS) is 25.6. The van der Waals surface area contributed by atoms with E-state index in [9.17, 15) is 0 Å². The Morgan fingerprint density at radius 3 is 2.17 bits per heavy atom. The predicted octanol–water partition coefficient (Wildman–Crippen LogP) is 6.86. The van der Waals surface area contributed by atoms with Crippen LogP contribution in [0.2, 0.25) is 13.1 Å². The highest BCUT2D eigenvalue weighted by atomic mass is 32.2. The van der Waals surface area contributed by atoms with Crippen molar-refractivity contribution in [2.75, 3.05) is 0 Å². The number of thioether (sulfide) groups is 1. The van der Waals surface area contributed by atoms with Gasteiger partial charge in [-0.15, -0.1) is 11.8 Å². The van der Waals surface area contributed by atoms with Crippen molar-refractivity contribution in [3.8, 4) is 0 Å². The van der Waals surface area contributed by atoms with Crippen LogP contribution in [0, 0.1) is 5.41 Å². The molecule has 0 radical (unpaired) electrons. The van der Waals surface area contributed by atoms with Crippen molar-refractivity contribution in [2.24, 2.45) is 5.41 Å². The van der Waals surface area contributed by atoms with E-state index in [0.29, 0.717) is 0 Å². The molecule has 0 fully saturated rings. The summed E-state index contributed by atoms with van der Waals surface area (Å²) in [6, 6.07) is 0. The van der Waals surface area contributed by atoms with Gasteiger partial charge in [0.25, 0.3) is 0 Å². The molecule has 1 unspecified atom stereocenters. The van der Waals surface area contributed by atoms with Crippen LogP contribution in [0.5, 0.6) is 0 Å². The van der Waals surface area contributed by atoms with E-state index in [-0.39, 0.29) is 14.5 Å². The molecule has 1 atom stereocenters. The zero-order valence-electron chi connectivity index (χ0n) is 16.3. The topological polar surface area (TPSA) is 0 Å². The van der Waals surface area contributed by atoms with Crippen molar-refractivity contribution >= 4 is 19.8 Å². The smallest absolute Gasteiger partial charge is 0.103 e. The Labute approximate surface area is 149 Å². The summed E-state index contributed by atoms with van der Waals surface area (Å²) in [7, 11) is -1.68. The molecule has 0 spiro atoms. The van der Waals surface area contributed by atoms with Crippen LogP contribution in [-0.2, 0) is 0 Å². The minimum absolute atomic E-state index is 0.205. The van der Waals surface area contributed by atoms with E-state index < -0.39 is 8.07 Å². The Morgan fingerprint density at radius 1 is 1.04 bits per heavy atom. The van der Waals surface area contributed by atoms with Gasteiger partial charge in [0.1, 0.15) is 8.07 Å². The summed E-state index contributed by atoms with van der Waals surface area (Å²) < 4.78 is 0.488. The fourth-order valence-electron chi connectivity index (χ4n) is 3.99. The lowest BCUT2D eigenvalue weighted by Crippen LogP contribution is -2.58. The Morgan fingerprint density at radius 2 is 1.70 bits per heavy atom. The standard InChI is InChI=1S/C21H34SSi/c1-19(2,3)18-15-11-12-16-21(18,22-20(4,5)6)23(7,8)17-13-9-10-14-17/h9,11-15H,10,16H2,1-8H3. The van der Waals surface area contributed by atoms with Gasteiger partial charge in [0.05, 0.1) is 0 Å². The summed E-state index contributed by atoms with van der Waals surface area (Å²) in [5, 5.41) is 1.64. The second kappa shape index (κ2) is 6.11. The summed E-state index contributed by atoms with van der Waals surface area (Å²) in [5.41, 5.74) is 1.85. The Hall–Kier alpha value is -0.473. The van der Waals surface area contributed by atoms with Crippen molar-refractivity contribution in [1.29, 1.82) is 0 Å². The number of hydrogen-bond donors (Lipinski definition) is 0. The minimum atomic E-state index is -1.68. The van der Waals surface area contributed by atoms with Gasteiger partial charge in [-0.2, -0.15) is 0 Å². The lowest BCUT2D eigenvalue weighted by atomic mass is 9.81. The fourth-order valence-corrected chi connectivity index (χ4v) is 11.4. The van der Waals surface area contributed by atoms with Gasteiger partial charge in [0.15, 0.2) is 0 Å². The van der Waals surface area contributed by atoms with E-state index in [2.05, 4.69) is 103 Å². The van der Waals surface area contributed by atoms with Gasteiger partial charge in [-0.3, -0.25) is 0 Å². The molecule has 0 bridgehead atoms. The van der Waals surface area contributed by atoms with Crippen LogP contribution in [0.3, 0.4) is 0 Å². The molecule has 0 aromatic carbocycles. The summed E-state index contributed by atoms with van der Waals surface area (Å²) in [6.45, 7) is 19.5. The van der Waals surface area contributed by atoms with Crippen LogP contribution in [-0.4, -0.2) is 17.2 Å². The average Bonchev–Trinajstić information content (AvgIpc) is 2.90. The molecule has 23 heavy (non-hydrogen) atoms. The number of hydrogen-bond acceptors (Lipinski definition) is 1. The molecule has 0 saturated carbocycles. The molecule has 0 aliphatic heterocycles. The lowest BCUT2D eigenvalue weighted by Gasteiger charge is -2.54. The third kappa shape index (κ3) is 3.63. The second-order valence-corrected chi connectivity index (χ2v) is 16.6. The van der Waals surface area contributed by atoms with Crippen molar-refractivity contribution in [2.45, 2.75) is 76.6 Å². The van der Waals surface area contributed by atoms with Crippen LogP contribution < -0.4 is 0 Å². The average molecular weight is 347 g/mol. The van der Waals surface area contributed by atoms with Crippen molar-refractivity contribution in [3.05, 3.63) is 47.2 Å². The number of allylic oxidation sites excluding steroid dienone is 7. The molecule has 0 N–H and O–H groups in total. The largest absolute Gasteiger partial charge is 0.147 e. The van der Waals surface area contributed by atoms with E-state index in [0.717, 1.165) is 6.42 Å². The van der Waals surface area contributed by atoms with Crippen LogP contribution in [0.15, 0.2) is 47.2 Å². The molecule has 128 valence electrons. The number of rotatable bonds is 3. The third-order valence-electron chi connectivity index (χ3n) is 5.03. The van der Waals surface area contributed by atoms with Crippen molar-refractivity contribution in [3.63, 3.8) is 0 Å². The molecular formula is C21H34SSi. The lowest BCUT2D eigenvalue weighted by molar-refractivity contribution is 0.469. The monoisotopic (exact) mass is 346 g/mol. The van der Waals surface area contributed by atoms with Gasteiger partial charge in [-0.05, 0) is 18.3 Å². The maximum absolute atomic E-state index is 2.59. The Kier molecular flexibility index (Phi) is 5.01. The van der Waals surface area contributed by atoms with Crippen LogP contribution in [0.25, 0.3) is 0 Å². The Balaban J connectivity index is 2.64. The first kappa shape index (κ1) is 18.9. The zero-order valence-corrected chi connectivity index (χ0v) is 18.1. The molecular weight excluding hydrogens is 312 g/mol. The first-order valence-electron chi connectivity index (χ1n) is 8.85. The maximum atomic E-state index is 2.59. The van der Waals surface area contributed by atoms with Crippen molar-refractivity contribution < 1.29 is 0 Å². The first-order valence-corrected chi connectivity index (χ1v) is 12.7. The van der Waals surface area contributed by atoms with Gasteiger partial charge in [-0.25, -0.2) is 0 Å². The van der Waals surface area contributed by atoms with E-state index in [1.807, 2.05) is 0 Å². The van der Waals surface area contributed by atoms with Gasteiger partial charge in [0.2, 0.25) is 0 Å². The highest BCUT2D eigenvalue weighted by molar-refractivity contribution is 8.04. The van der Waals surface area contributed by atoms with E-state index in [4.69, 9.17) is 0 Å². The molecule has 0 nitrogen and oxygen atoms in total.